The van der Waals surface area contributed by atoms with Crippen LogP contribution in [0.15, 0.2) is 24.5 Å². The van der Waals surface area contributed by atoms with Crippen LogP contribution in [0.5, 0.6) is 0 Å². The second kappa shape index (κ2) is 6.58. The van der Waals surface area contributed by atoms with Crippen LogP contribution < -0.4 is 5.32 Å². The molecular formula is C12H17N3O3. The molecule has 2 N–H and O–H groups in total. The number of anilines is 1. The lowest BCUT2D eigenvalue weighted by molar-refractivity contribution is -0.141. The number of hydrogen-bond donors (Lipinski definition) is 2. The first-order valence-electron chi connectivity index (χ1n) is 5.73. The second-order valence-electron chi connectivity index (χ2n) is 3.95. The number of carbonyl (C=O) groups excluding carboxylic acids is 1. The number of nitrogens with zero attached hydrogens (tertiary/aromatic N) is 2. The number of aromatic nitrogens is 1. The van der Waals surface area contributed by atoms with Crippen LogP contribution in [0.25, 0.3) is 0 Å². The molecule has 0 bridgehead atoms. The number of amides is 2. The molecule has 0 aliphatic carbocycles. The van der Waals surface area contributed by atoms with Crippen molar-refractivity contribution in [2.45, 2.75) is 13.8 Å². The highest BCUT2D eigenvalue weighted by Gasteiger charge is 2.19. The number of aliphatic carboxylic acids is 1. The van der Waals surface area contributed by atoms with E-state index in [0.29, 0.717) is 12.2 Å². The average molecular weight is 251 g/mol. The Kier molecular flexibility index (Phi) is 5.10. The molecule has 0 saturated heterocycles. The van der Waals surface area contributed by atoms with Crippen molar-refractivity contribution >= 4 is 17.7 Å². The zero-order chi connectivity index (χ0) is 13.5. The zero-order valence-corrected chi connectivity index (χ0v) is 10.5. The van der Waals surface area contributed by atoms with Crippen molar-refractivity contribution in [1.29, 1.82) is 0 Å². The van der Waals surface area contributed by atoms with Crippen molar-refractivity contribution in [2.75, 3.05) is 18.4 Å². The number of nitrogens with one attached hydrogen (secondary N) is 1. The lowest BCUT2D eigenvalue weighted by Gasteiger charge is -2.23. The number of pyridine rings is 1. The largest absolute Gasteiger partial charge is 0.481 e. The molecule has 1 aromatic heterocycles. The molecular weight excluding hydrogens is 234 g/mol. The zero-order valence-electron chi connectivity index (χ0n) is 10.5. The summed E-state index contributed by atoms with van der Waals surface area (Å²) < 4.78 is 0. The van der Waals surface area contributed by atoms with Crippen molar-refractivity contribution in [3.05, 3.63) is 24.5 Å². The summed E-state index contributed by atoms with van der Waals surface area (Å²) in [5, 5.41) is 11.5. The van der Waals surface area contributed by atoms with Crippen molar-refractivity contribution in [3.8, 4) is 0 Å². The van der Waals surface area contributed by atoms with Crippen molar-refractivity contribution in [2.24, 2.45) is 5.92 Å². The molecule has 18 heavy (non-hydrogen) atoms. The Labute approximate surface area is 106 Å². The Hall–Kier alpha value is -2.11. The van der Waals surface area contributed by atoms with E-state index in [4.69, 9.17) is 5.11 Å². The Morgan fingerprint density at radius 2 is 2.28 bits per heavy atom. The molecule has 1 unspecified atom stereocenters. The lowest BCUT2D eigenvalue weighted by Crippen LogP contribution is -2.39. The normalized spacial score (nSPS) is 11.7. The molecule has 0 spiro atoms. The van der Waals surface area contributed by atoms with Crippen molar-refractivity contribution in [1.82, 2.24) is 9.88 Å². The minimum Gasteiger partial charge on any atom is -0.481 e. The van der Waals surface area contributed by atoms with Crippen LogP contribution in [0.3, 0.4) is 0 Å². The van der Waals surface area contributed by atoms with Gasteiger partial charge in [0.2, 0.25) is 0 Å². The van der Waals surface area contributed by atoms with Crippen LogP contribution in [0.1, 0.15) is 13.8 Å². The molecule has 1 heterocycles. The van der Waals surface area contributed by atoms with Crippen molar-refractivity contribution < 1.29 is 14.7 Å². The molecule has 1 aromatic rings. The van der Waals surface area contributed by atoms with Crippen LogP contribution in [-0.4, -0.2) is 40.1 Å². The lowest BCUT2D eigenvalue weighted by atomic mass is 10.2. The Bertz CT molecular complexity index is 408. The first kappa shape index (κ1) is 14.0. The molecule has 2 amide bonds. The molecule has 1 atom stereocenters. The summed E-state index contributed by atoms with van der Waals surface area (Å²) in [4.78, 5) is 28.0. The third-order valence-corrected chi connectivity index (χ3v) is 2.50. The summed E-state index contributed by atoms with van der Waals surface area (Å²) in [5.41, 5.74) is 0.587. The Morgan fingerprint density at radius 3 is 2.78 bits per heavy atom. The van der Waals surface area contributed by atoms with Gasteiger partial charge in [0.15, 0.2) is 0 Å². The van der Waals surface area contributed by atoms with E-state index >= 15 is 0 Å². The average Bonchev–Trinajstić information content (AvgIpc) is 2.36. The predicted octanol–water partition coefficient (Wildman–Crippen LogP) is 1.66. The van der Waals surface area contributed by atoms with Crippen molar-refractivity contribution in [3.63, 3.8) is 0 Å². The number of rotatable bonds is 5. The van der Waals surface area contributed by atoms with Gasteiger partial charge in [0.25, 0.3) is 0 Å². The van der Waals surface area contributed by atoms with Crippen LogP contribution in [-0.2, 0) is 4.79 Å². The molecule has 0 saturated carbocycles. The van der Waals surface area contributed by atoms with Crippen LogP contribution in [0.2, 0.25) is 0 Å². The van der Waals surface area contributed by atoms with E-state index in [-0.39, 0.29) is 12.6 Å². The molecule has 0 aromatic carbocycles. The predicted molar refractivity (Wildman–Crippen MR) is 67.3 cm³/mol. The van der Waals surface area contributed by atoms with Gasteiger partial charge < -0.3 is 15.3 Å². The second-order valence-corrected chi connectivity index (χ2v) is 3.95. The standard InChI is InChI=1S/C12H17N3O3/c1-3-15(8-9(2)11(16)17)12(18)14-10-5-4-6-13-7-10/h4-7,9H,3,8H2,1-2H3,(H,14,18)(H,16,17). The fourth-order valence-electron chi connectivity index (χ4n) is 1.40. The maximum absolute atomic E-state index is 11.9. The highest BCUT2D eigenvalue weighted by atomic mass is 16.4. The summed E-state index contributed by atoms with van der Waals surface area (Å²) in [6.07, 6.45) is 3.14. The minimum atomic E-state index is -0.914. The molecule has 6 heteroatoms. The summed E-state index contributed by atoms with van der Waals surface area (Å²) in [7, 11) is 0. The van der Waals surface area contributed by atoms with Gasteiger partial charge >= 0.3 is 12.0 Å². The van der Waals surface area contributed by atoms with Gasteiger partial charge in [-0.05, 0) is 19.1 Å². The fourth-order valence-corrected chi connectivity index (χ4v) is 1.40. The van der Waals surface area contributed by atoms with E-state index < -0.39 is 11.9 Å². The number of urea groups is 1. The Balaban J connectivity index is 2.60. The third-order valence-electron chi connectivity index (χ3n) is 2.50. The van der Waals surface area contributed by atoms with E-state index in [9.17, 15) is 9.59 Å². The molecule has 0 fully saturated rings. The monoisotopic (exact) mass is 251 g/mol. The molecule has 1 rings (SSSR count). The smallest absolute Gasteiger partial charge is 0.321 e. The van der Waals surface area contributed by atoms with Gasteiger partial charge in [0.05, 0.1) is 17.8 Å². The van der Waals surface area contributed by atoms with E-state index in [0.717, 1.165) is 0 Å². The number of hydrogen-bond acceptors (Lipinski definition) is 3. The highest BCUT2D eigenvalue weighted by Crippen LogP contribution is 2.06. The van der Waals surface area contributed by atoms with Gasteiger partial charge in [-0.15, -0.1) is 0 Å². The number of carboxylic acids is 1. The summed E-state index contributed by atoms with van der Waals surface area (Å²) in [6, 6.07) is 3.11. The van der Waals surface area contributed by atoms with E-state index in [1.807, 2.05) is 0 Å². The first-order valence-corrected chi connectivity index (χ1v) is 5.73. The minimum absolute atomic E-state index is 0.179. The Morgan fingerprint density at radius 1 is 1.56 bits per heavy atom. The molecule has 98 valence electrons. The quantitative estimate of drug-likeness (QED) is 0.833. The first-order chi connectivity index (χ1) is 8.54. The maximum Gasteiger partial charge on any atom is 0.321 e. The fraction of sp³-hybridized carbons (Fsp3) is 0.417. The van der Waals surface area contributed by atoms with Gasteiger partial charge in [0, 0.05) is 19.3 Å². The highest BCUT2D eigenvalue weighted by molar-refractivity contribution is 5.89. The maximum atomic E-state index is 11.9. The number of carbonyl (C=O) groups is 2. The molecule has 0 aliphatic heterocycles. The van der Waals surface area contributed by atoms with Crippen LogP contribution in [0, 0.1) is 5.92 Å². The summed E-state index contributed by atoms with van der Waals surface area (Å²) in [5.74, 6) is -1.51. The van der Waals surface area contributed by atoms with E-state index in [1.54, 1.807) is 32.2 Å². The van der Waals surface area contributed by atoms with Crippen LogP contribution >= 0.6 is 0 Å². The molecule has 0 radical (unpaired) electrons. The van der Waals surface area contributed by atoms with Gasteiger partial charge in [-0.2, -0.15) is 0 Å². The molecule has 0 aliphatic rings. The van der Waals surface area contributed by atoms with Crippen LogP contribution in [0.4, 0.5) is 10.5 Å². The van der Waals surface area contributed by atoms with E-state index in [2.05, 4.69) is 10.3 Å². The van der Waals surface area contributed by atoms with E-state index in [1.165, 1.54) is 11.1 Å². The van der Waals surface area contributed by atoms with Gasteiger partial charge in [-0.3, -0.25) is 9.78 Å². The summed E-state index contributed by atoms with van der Waals surface area (Å²) >= 11 is 0. The van der Waals surface area contributed by atoms with Gasteiger partial charge in [-0.1, -0.05) is 6.92 Å². The summed E-state index contributed by atoms with van der Waals surface area (Å²) in [6.45, 7) is 4.00. The van der Waals surface area contributed by atoms with Gasteiger partial charge in [-0.25, -0.2) is 4.79 Å². The topological polar surface area (TPSA) is 82.5 Å². The van der Waals surface area contributed by atoms with Gasteiger partial charge in [0.1, 0.15) is 0 Å². The third kappa shape index (κ3) is 4.04. The SMILES string of the molecule is CCN(CC(C)C(=O)O)C(=O)Nc1cccnc1. The molecule has 6 nitrogen and oxygen atoms in total. The number of carboxylic acid groups (broad SMARTS) is 1.